The number of rotatable bonds is 5. The zero-order valence-electron chi connectivity index (χ0n) is 12.8. The van der Waals surface area contributed by atoms with E-state index in [2.05, 4.69) is 4.90 Å². The molecule has 2 fully saturated rings. The van der Waals surface area contributed by atoms with Gasteiger partial charge in [0, 0.05) is 12.6 Å². The third-order valence-corrected chi connectivity index (χ3v) is 6.46. The number of piperidine rings is 1. The van der Waals surface area contributed by atoms with E-state index in [4.69, 9.17) is 5.73 Å². The van der Waals surface area contributed by atoms with Gasteiger partial charge in [0.1, 0.15) is 0 Å². The number of nitrogens with two attached hydrogens (primary N) is 1. The van der Waals surface area contributed by atoms with Crippen molar-refractivity contribution in [2.24, 2.45) is 11.7 Å². The smallest absolute Gasteiger partial charge is 0.237 e. The lowest BCUT2D eigenvalue weighted by atomic mass is 9.97. The van der Waals surface area contributed by atoms with E-state index < -0.39 is 9.84 Å². The van der Waals surface area contributed by atoms with Gasteiger partial charge in [-0.05, 0) is 51.7 Å². The molecule has 122 valence electrons. The van der Waals surface area contributed by atoms with Crippen molar-refractivity contribution in [2.45, 2.75) is 32.2 Å². The first-order valence-corrected chi connectivity index (χ1v) is 9.69. The maximum absolute atomic E-state index is 12.5. The Hall–Kier alpha value is -0.660. The predicted octanol–water partition coefficient (Wildman–Crippen LogP) is -0.307. The summed E-state index contributed by atoms with van der Waals surface area (Å²) in [6, 6.07) is -0.130. The van der Waals surface area contributed by atoms with Gasteiger partial charge < -0.3 is 10.6 Å². The molecular weight excluding hydrogens is 290 g/mol. The third kappa shape index (κ3) is 4.40. The molecule has 0 spiro atoms. The fraction of sp³-hybridized carbons (Fsp3) is 0.929. The average Bonchev–Trinajstić information content (AvgIpc) is 2.80. The van der Waals surface area contributed by atoms with Crippen LogP contribution < -0.4 is 5.73 Å². The largest absolute Gasteiger partial charge is 0.338 e. The van der Waals surface area contributed by atoms with E-state index in [1.54, 1.807) is 4.90 Å². The molecule has 2 aliphatic heterocycles. The zero-order valence-corrected chi connectivity index (χ0v) is 13.6. The molecule has 0 aromatic heterocycles. The number of sulfone groups is 1. The Bertz CT molecular complexity index is 458. The number of nitrogens with zero attached hydrogens (tertiary/aromatic N) is 2. The van der Waals surface area contributed by atoms with Gasteiger partial charge >= 0.3 is 0 Å². The van der Waals surface area contributed by atoms with Crippen LogP contribution in [-0.4, -0.2) is 74.4 Å². The number of carbonyl (C=O) groups excluding carboxylic acids is 1. The summed E-state index contributed by atoms with van der Waals surface area (Å²) in [5, 5.41) is 0. The summed E-state index contributed by atoms with van der Waals surface area (Å²) >= 11 is 0. The van der Waals surface area contributed by atoms with Crippen LogP contribution in [0.15, 0.2) is 0 Å². The minimum Gasteiger partial charge on any atom is -0.338 e. The zero-order chi connectivity index (χ0) is 15.5. The van der Waals surface area contributed by atoms with Gasteiger partial charge in [-0.2, -0.15) is 0 Å². The highest BCUT2D eigenvalue weighted by molar-refractivity contribution is 7.91. The molecule has 2 saturated heterocycles. The van der Waals surface area contributed by atoms with Crippen LogP contribution >= 0.6 is 0 Å². The molecular formula is C14H27N3O3S. The standard InChI is InChI=1S/C14H27N3O3S/c1-2-17(13-5-8-21(19,20)11-13)14(18)10-16-6-3-12(9-15)4-7-16/h12-13H,2-11,15H2,1H3. The molecule has 1 atom stereocenters. The Kier molecular flexibility index (Phi) is 5.62. The van der Waals surface area contributed by atoms with Crippen LogP contribution in [0.25, 0.3) is 0 Å². The van der Waals surface area contributed by atoms with Crippen molar-refractivity contribution in [2.75, 3.05) is 44.2 Å². The second-order valence-electron chi connectivity index (χ2n) is 6.19. The van der Waals surface area contributed by atoms with Crippen LogP contribution in [0.4, 0.5) is 0 Å². The van der Waals surface area contributed by atoms with Crippen LogP contribution in [0.3, 0.4) is 0 Å². The molecule has 1 unspecified atom stereocenters. The topological polar surface area (TPSA) is 83.7 Å². The molecule has 2 N–H and O–H groups in total. The van der Waals surface area contributed by atoms with E-state index in [0.717, 1.165) is 32.5 Å². The molecule has 0 radical (unpaired) electrons. The van der Waals surface area contributed by atoms with Crippen molar-refractivity contribution in [1.29, 1.82) is 0 Å². The molecule has 2 rings (SSSR count). The molecule has 7 heteroatoms. The maximum atomic E-state index is 12.5. The third-order valence-electron chi connectivity index (χ3n) is 4.71. The monoisotopic (exact) mass is 317 g/mol. The molecule has 0 aromatic carbocycles. The highest BCUT2D eigenvalue weighted by atomic mass is 32.2. The van der Waals surface area contributed by atoms with Gasteiger partial charge in [-0.1, -0.05) is 0 Å². The van der Waals surface area contributed by atoms with Crippen molar-refractivity contribution in [3.63, 3.8) is 0 Å². The van der Waals surface area contributed by atoms with Crippen molar-refractivity contribution in [1.82, 2.24) is 9.80 Å². The number of likely N-dealkylation sites (tertiary alicyclic amines) is 1. The average molecular weight is 317 g/mol. The Morgan fingerprint density at radius 3 is 2.43 bits per heavy atom. The molecule has 2 heterocycles. The molecule has 1 amide bonds. The van der Waals surface area contributed by atoms with E-state index in [1.807, 2.05) is 6.92 Å². The fourth-order valence-corrected chi connectivity index (χ4v) is 5.05. The minimum absolute atomic E-state index is 0.0609. The van der Waals surface area contributed by atoms with Gasteiger partial charge in [-0.15, -0.1) is 0 Å². The summed E-state index contributed by atoms with van der Waals surface area (Å²) in [6.07, 6.45) is 2.68. The second kappa shape index (κ2) is 7.07. The molecule has 6 nitrogen and oxygen atoms in total. The summed E-state index contributed by atoms with van der Waals surface area (Å²) < 4.78 is 23.2. The lowest BCUT2D eigenvalue weighted by Crippen LogP contribution is -2.48. The first kappa shape index (κ1) is 16.7. The van der Waals surface area contributed by atoms with Gasteiger partial charge in [0.2, 0.25) is 5.91 Å². The van der Waals surface area contributed by atoms with Gasteiger partial charge in [0.15, 0.2) is 9.84 Å². The maximum Gasteiger partial charge on any atom is 0.237 e. The van der Waals surface area contributed by atoms with Crippen LogP contribution in [0.5, 0.6) is 0 Å². The lowest BCUT2D eigenvalue weighted by Gasteiger charge is -2.34. The summed E-state index contributed by atoms with van der Waals surface area (Å²) in [4.78, 5) is 16.4. The first-order chi connectivity index (χ1) is 9.95. The molecule has 0 saturated carbocycles. The van der Waals surface area contributed by atoms with E-state index in [9.17, 15) is 13.2 Å². The Balaban J connectivity index is 1.86. The van der Waals surface area contributed by atoms with Crippen LogP contribution in [0.1, 0.15) is 26.2 Å². The van der Waals surface area contributed by atoms with Crippen molar-refractivity contribution < 1.29 is 13.2 Å². The van der Waals surface area contributed by atoms with Crippen molar-refractivity contribution in [3.8, 4) is 0 Å². The fourth-order valence-electron chi connectivity index (χ4n) is 3.32. The van der Waals surface area contributed by atoms with Crippen LogP contribution in [0, 0.1) is 5.92 Å². The first-order valence-electron chi connectivity index (χ1n) is 7.87. The van der Waals surface area contributed by atoms with E-state index >= 15 is 0 Å². The van der Waals surface area contributed by atoms with E-state index in [1.165, 1.54) is 0 Å². The SMILES string of the molecule is CCN(C(=O)CN1CCC(CN)CC1)C1CCS(=O)(=O)C1. The lowest BCUT2D eigenvalue weighted by molar-refractivity contribution is -0.134. The number of hydrogen-bond donors (Lipinski definition) is 1. The van der Waals surface area contributed by atoms with E-state index in [0.29, 0.717) is 25.4 Å². The normalized spacial score (nSPS) is 26.9. The van der Waals surface area contributed by atoms with Crippen molar-refractivity contribution in [3.05, 3.63) is 0 Å². The van der Waals surface area contributed by atoms with Gasteiger partial charge in [-0.25, -0.2) is 8.42 Å². The number of carbonyl (C=O) groups is 1. The second-order valence-corrected chi connectivity index (χ2v) is 8.42. The van der Waals surface area contributed by atoms with Gasteiger partial charge in [0.25, 0.3) is 0 Å². The molecule has 2 aliphatic rings. The number of likely N-dealkylation sites (N-methyl/N-ethyl adjacent to an activating group) is 1. The Morgan fingerprint density at radius 2 is 1.95 bits per heavy atom. The summed E-state index contributed by atoms with van der Waals surface area (Å²) in [6.45, 7) is 5.45. The van der Waals surface area contributed by atoms with Crippen LogP contribution in [-0.2, 0) is 14.6 Å². The summed E-state index contributed by atoms with van der Waals surface area (Å²) in [5.41, 5.74) is 5.68. The predicted molar refractivity (Wildman–Crippen MR) is 82.7 cm³/mol. The van der Waals surface area contributed by atoms with Crippen molar-refractivity contribution >= 4 is 15.7 Å². The summed E-state index contributed by atoms with van der Waals surface area (Å²) in [7, 11) is -2.95. The molecule has 0 aliphatic carbocycles. The van der Waals surface area contributed by atoms with Gasteiger partial charge in [0.05, 0.1) is 18.1 Å². The van der Waals surface area contributed by atoms with E-state index in [-0.39, 0.29) is 23.5 Å². The molecule has 21 heavy (non-hydrogen) atoms. The molecule has 0 aromatic rings. The number of hydrogen-bond acceptors (Lipinski definition) is 5. The Morgan fingerprint density at radius 1 is 1.29 bits per heavy atom. The van der Waals surface area contributed by atoms with Gasteiger partial charge in [-0.3, -0.25) is 9.69 Å². The Labute approximate surface area is 127 Å². The highest BCUT2D eigenvalue weighted by Crippen LogP contribution is 2.19. The number of amides is 1. The summed E-state index contributed by atoms with van der Waals surface area (Å²) in [5.74, 6) is 0.981. The minimum atomic E-state index is -2.95. The molecule has 0 bridgehead atoms. The highest BCUT2D eigenvalue weighted by Gasteiger charge is 2.34. The van der Waals surface area contributed by atoms with Crippen LogP contribution in [0.2, 0.25) is 0 Å². The quantitative estimate of drug-likeness (QED) is 0.752.